The molecule has 1 aromatic heterocycles. The fourth-order valence-corrected chi connectivity index (χ4v) is 3.85. The number of morpholine rings is 1. The monoisotopic (exact) mass is 395 g/mol. The number of fused-ring (bicyclic) bond motifs is 1. The molecule has 4 rings (SSSR count). The van der Waals surface area contributed by atoms with Gasteiger partial charge in [0.25, 0.3) is 5.91 Å². The van der Waals surface area contributed by atoms with Crippen molar-refractivity contribution in [3.63, 3.8) is 0 Å². The molecule has 0 spiro atoms. The summed E-state index contributed by atoms with van der Waals surface area (Å²) in [5, 5.41) is 0. The lowest BCUT2D eigenvalue weighted by molar-refractivity contribution is 0.0341. The van der Waals surface area contributed by atoms with Crippen molar-refractivity contribution in [1.29, 1.82) is 0 Å². The first-order chi connectivity index (χ1) is 13.9. The number of amides is 1. The lowest BCUT2D eigenvalue weighted by Crippen LogP contribution is -2.39. The molecule has 0 radical (unpaired) electrons. The van der Waals surface area contributed by atoms with E-state index in [0.717, 1.165) is 55.4 Å². The summed E-state index contributed by atoms with van der Waals surface area (Å²) >= 11 is 0. The number of carbonyl (C=O) groups excluding carboxylic acids is 1. The summed E-state index contributed by atoms with van der Waals surface area (Å²) in [6.07, 6.45) is 1.82. The van der Waals surface area contributed by atoms with Crippen molar-refractivity contribution in [2.75, 3.05) is 44.4 Å². The number of ether oxygens (including phenoxy) is 2. The zero-order valence-electron chi connectivity index (χ0n) is 17.5. The molecule has 0 N–H and O–H groups in total. The molecular weight excluding hydrogens is 366 g/mol. The van der Waals surface area contributed by atoms with Gasteiger partial charge in [0.05, 0.1) is 25.4 Å². The first-order valence-electron chi connectivity index (χ1n) is 10.3. The zero-order chi connectivity index (χ0) is 20.4. The van der Waals surface area contributed by atoms with Crippen molar-refractivity contribution < 1.29 is 14.3 Å². The van der Waals surface area contributed by atoms with Crippen LogP contribution in [0.2, 0.25) is 0 Å². The number of benzene rings is 1. The van der Waals surface area contributed by atoms with Gasteiger partial charge in [0, 0.05) is 31.4 Å². The van der Waals surface area contributed by atoms with Crippen molar-refractivity contribution in [2.45, 2.75) is 32.7 Å². The summed E-state index contributed by atoms with van der Waals surface area (Å²) in [4.78, 5) is 21.8. The normalized spacial score (nSPS) is 17.6. The molecule has 0 bridgehead atoms. The number of rotatable bonds is 3. The second-order valence-corrected chi connectivity index (χ2v) is 8.65. The molecule has 1 amide bonds. The number of anilines is 1. The maximum atomic E-state index is 13.2. The predicted molar refractivity (Wildman–Crippen MR) is 113 cm³/mol. The molecular formula is C23H29N3O3. The van der Waals surface area contributed by atoms with Gasteiger partial charge >= 0.3 is 0 Å². The van der Waals surface area contributed by atoms with E-state index in [1.54, 1.807) is 4.90 Å². The van der Waals surface area contributed by atoms with E-state index in [1.165, 1.54) is 0 Å². The molecule has 2 aliphatic rings. The Morgan fingerprint density at radius 3 is 2.55 bits per heavy atom. The van der Waals surface area contributed by atoms with Crippen LogP contribution in [0.1, 0.15) is 42.4 Å². The molecule has 6 nitrogen and oxygen atoms in total. The summed E-state index contributed by atoms with van der Waals surface area (Å²) in [7, 11) is 0. The van der Waals surface area contributed by atoms with Crippen molar-refractivity contribution in [3.05, 3.63) is 53.3 Å². The van der Waals surface area contributed by atoms with Crippen LogP contribution in [0.3, 0.4) is 0 Å². The first-order valence-corrected chi connectivity index (χ1v) is 10.3. The third-order valence-corrected chi connectivity index (χ3v) is 5.45. The standard InChI is InChI=1S/C23H29N3O3/c1-23(2,3)18-5-4-6-20-21(18)29-14-11-26(20)22(27)19-8-7-17(15-24-19)16-25-9-12-28-13-10-25/h4-8,15H,9-14,16H2,1-3H3. The third kappa shape index (κ3) is 4.28. The van der Waals surface area contributed by atoms with Crippen LogP contribution in [0.5, 0.6) is 5.75 Å². The highest BCUT2D eigenvalue weighted by atomic mass is 16.5. The van der Waals surface area contributed by atoms with E-state index in [4.69, 9.17) is 9.47 Å². The molecule has 3 heterocycles. The average Bonchev–Trinajstić information content (AvgIpc) is 2.73. The van der Waals surface area contributed by atoms with Crippen LogP contribution in [-0.4, -0.2) is 55.2 Å². The first kappa shape index (κ1) is 19.9. The van der Waals surface area contributed by atoms with Gasteiger partial charge in [0.1, 0.15) is 18.1 Å². The van der Waals surface area contributed by atoms with Crippen molar-refractivity contribution in [1.82, 2.24) is 9.88 Å². The van der Waals surface area contributed by atoms with Gasteiger partial charge in [-0.2, -0.15) is 0 Å². The Kier molecular flexibility index (Phi) is 5.56. The van der Waals surface area contributed by atoms with E-state index in [-0.39, 0.29) is 11.3 Å². The summed E-state index contributed by atoms with van der Waals surface area (Å²) in [6, 6.07) is 9.86. The summed E-state index contributed by atoms with van der Waals surface area (Å²) in [5.74, 6) is 0.724. The Morgan fingerprint density at radius 1 is 1.07 bits per heavy atom. The highest BCUT2D eigenvalue weighted by molar-refractivity contribution is 6.06. The molecule has 1 saturated heterocycles. The van der Waals surface area contributed by atoms with E-state index in [2.05, 4.69) is 36.7 Å². The molecule has 2 aromatic rings. The maximum Gasteiger partial charge on any atom is 0.277 e. The minimum Gasteiger partial charge on any atom is -0.489 e. The van der Waals surface area contributed by atoms with Crippen LogP contribution in [0.4, 0.5) is 5.69 Å². The van der Waals surface area contributed by atoms with Gasteiger partial charge in [-0.15, -0.1) is 0 Å². The Hall–Kier alpha value is -2.44. The maximum absolute atomic E-state index is 13.2. The second kappa shape index (κ2) is 8.13. The fourth-order valence-electron chi connectivity index (χ4n) is 3.85. The van der Waals surface area contributed by atoms with Gasteiger partial charge in [-0.1, -0.05) is 39.0 Å². The lowest BCUT2D eigenvalue weighted by atomic mass is 9.85. The topological polar surface area (TPSA) is 54.9 Å². The summed E-state index contributed by atoms with van der Waals surface area (Å²) in [6.45, 7) is 11.7. The van der Waals surface area contributed by atoms with Crippen LogP contribution >= 0.6 is 0 Å². The third-order valence-electron chi connectivity index (χ3n) is 5.45. The number of carbonyl (C=O) groups is 1. The lowest BCUT2D eigenvalue weighted by Gasteiger charge is -2.33. The van der Waals surface area contributed by atoms with E-state index < -0.39 is 0 Å². The largest absolute Gasteiger partial charge is 0.489 e. The number of para-hydroxylation sites is 1. The molecule has 6 heteroatoms. The highest BCUT2D eigenvalue weighted by Gasteiger charge is 2.30. The number of nitrogens with zero attached hydrogens (tertiary/aromatic N) is 3. The molecule has 0 unspecified atom stereocenters. The summed E-state index contributed by atoms with van der Waals surface area (Å²) < 4.78 is 11.4. The Balaban J connectivity index is 1.53. The SMILES string of the molecule is CC(C)(C)c1cccc2c1OCCN2C(=O)c1ccc(CN2CCOCC2)cn1. The van der Waals surface area contributed by atoms with Gasteiger partial charge in [0.2, 0.25) is 0 Å². The van der Waals surface area contributed by atoms with Crippen LogP contribution in [0.25, 0.3) is 0 Å². The smallest absolute Gasteiger partial charge is 0.277 e. The van der Waals surface area contributed by atoms with Crippen LogP contribution < -0.4 is 9.64 Å². The van der Waals surface area contributed by atoms with Gasteiger partial charge in [-0.25, -0.2) is 0 Å². The molecule has 0 atom stereocenters. The van der Waals surface area contributed by atoms with Crippen molar-refractivity contribution in [2.24, 2.45) is 0 Å². The van der Waals surface area contributed by atoms with E-state index in [0.29, 0.717) is 18.8 Å². The Morgan fingerprint density at radius 2 is 1.86 bits per heavy atom. The Labute approximate surface area is 172 Å². The number of hydrogen-bond acceptors (Lipinski definition) is 5. The number of pyridine rings is 1. The van der Waals surface area contributed by atoms with Gasteiger partial charge in [0.15, 0.2) is 0 Å². The van der Waals surface area contributed by atoms with Crippen LogP contribution in [-0.2, 0) is 16.7 Å². The molecule has 2 aliphatic heterocycles. The van der Waals surface area contributed by atoms with Gasteiger partial charge in [-0.05, 0) is 23.1 Å². The molecule has 0 aliphatic carbocycles. The minimum absolute atomic E-state index is 0.0587. The zero-order valence-corrected chi connectivity index (χ0v) is 17.5. The van der Waals surface area contributed by atoms with Gasteiger partial charge < -0.3 is 14.4 Å². The van der Waals surface area contributed by atoms with Crippen molar-refractivity contribution in [3.8, 4) is 5.75 Å². The quantitative estimate of drug-likeness (QED) is 0.799. The molecule has 1 aromatic carbocycles. The minimum atomic E-state index is -0.0847. The fraction of sp³-hybridized carbons (Fsp3) is 0.478. The van der Waals surface area contributed by atoms with Crippen molar-refractivity contribution >= 4 is 11.6 Å². The highest BCUT2D eigenvalue weighted by Crippen LogP contribution is 2.41. The van der Waals surface area contributed by atoms with Crippen LogP contribution in [0.15, 0.2) is 36.5 Å². The molecule has 154 valence electrons. The van der Waals surface area contributed by atoms with E-state index in [9.17, 15) is 4.79 Å². The number of aromatic nitrogens is 1. The summed E-state index contributed by atoms with van der Waals surface area (Å²) in [5.41, 5.74) is 3.45. The second-order valence-electron chi connectivity index (χ2n) is 8.65. The average molecular weight is 396 g/mol. The van der Waals surface area contributed by atoms with E-state index in [1.807, 2.05) is 30.5 Å². The Bertz CT molecular complexity index is 868. The molecule has 29 heavy (non-hydrogen) atoms. The predicted octanol–water partition coefficient (Wildman–Crippen LogP) is 3.25. The van der Waals surface area contributed by atoms with Crippen LogP contribution in [0, 0.1) is 0 Å². The van der Waals surface area contributed by atoms with Gasteiger partial charge in [-0.3, -0.25) is 14.7 Å². The molecule has 0 saturated carbocycles. The molecule has 1 fully saturated rings. The van der Waals surface area contributed by atoms with E-state index >= 15 is 0 Å². The number of hydrogen-bond donors (Lipinski definition) is 0.